The van der Waals surface area contributed by atoms with Gasteiger partial charge in [-0.3, -0.25) is 9.59 Å². The quantitative estimate of drug-likeness (QED) is 0.631. The van der Waals surface area contributed by atoms with Crippen LogP contribution in [0.4, 0.5) is 0 Å². The normalized spacial score (nSPS) is 29.8. The Morgan fingerprint density at radius 1 is 0.833 bits per heavy atom. The fraction of sp³-hybridized carbons (Fsp3) is 0.800. The van der Waals surface area contributed by atoms with E-state index in [1.807, 2.05) is 0 Å². The van der Waals surface area contributed by atoms with Crippen molar-refractivity contribution in [3.05, 3.63) is 0 Å². The lowest BCUT2D eigenvalue weighted by Crippen LogP contribution is -2.23. The Labute approximate surface area is 73.3 Å². The Morgan fingerprint density at radius 3 is 1.25 bits per heavy atom. The molecule has 0 bridgehead atoms. The summed E-state index contributed by atoms with van der Waals surface area (Å²) in [4.78, 5) is 22.0. The van der Waals surface area contributed by atoms with Crippen LogP contribution in [0.3, 0.4) is 0 Å². The van der Waals surface area contributed by atoms with Crippen LogP contribution in [0.2, 0.25) is 0 Å². The molecule has 0 heterocycles. The number of carbonyl (C=O) groups excluding carboxylic acids is 2. The van der Waals surface area contributed by atoms with Crippen LogP contribution < -0.4 is 0 Å². The van der Waals surface area contributed by atoms with E-state index in [2.05, 4.69) is 0 Å². The van der Waals surface area contributed by atoms with Crippen LogP contribution in [0.5, 0.6) is 0 Å². The third-order valence-corrected chi connectivity index (χ3v) is 2.88. The second-order valence-corrected chi connectivity index (χ2v) is 3.77. The molecule has 0 atom stereocenters. The second-order valence-electron chi connectivity index (χ2n) is 3.77. The van der Waals surface area contributed by atoms with E-state index in [-0.39, 0.29) is 23.4 Å². The van der Waals surface area contributed by atoms with Crippen LogP contribution in [-0.2, 0) is 9.59 Å². The highest BCUT2D eigenvalue weighted by atomic mass is 16.1. The van der Waals surface area contributed by atoms with Crippen LogP contribution >= 0.6 is 0 Å². The molecule has 0 radical (unpaired) electrons. The largest absolute Gasteiger partial charge is 0.300 e. The molecule has 2 nitrogen and oxygen atoms in total. The first kappa shape index (κ1) is 9.43. The predicted octanol–water partition coefficient (Wildman–Crippen LogP) is 1.97. The third-order valence-electron chi connectivity index (χ3n) is 2.88. The summed E-state index contributed by atoms with van der Waals surface area (Å²) in [6.07, 6.45) is 3.66. The molecule has 0 aromatic carbocycles. The minimum atomic E-state index is 0.237. The van der Waals surface area contributed by atoms with Crippen LogP contribution in [0.15, 0.2) is 0 Å². The van der Waals surface area contributed by atoms with Gasteiger partial charge in [-0.25, -0.2) is 0 Å². The smallest absolute Gasteiger partial charge is 0.132 e. The van der Waals surface area contributed by atoms with Crippen molar-refractivity contribution in [2.45, 2.75) is 39.5 Å². The molecule has 2 heteroatoms. The molecule has 12 heavy (non-hydrogen) atoms. The van der Waals surface area contributed by atoms with Crippen molar-refractivity contribution >= 4 is 11.6 Å². The maximum absolute atomic E-state index is 11.0. The molecule has 68 valence electrons. The summed E-state index contributed by atoms with van der Waals surface area (Å²) in [5, 5.41) is 0. The van der Waals surface area contributed by atoms with Gasteiger partial charge in [0.1, 0.15) is 11.6 Å². The first-order chi connectivity index (χ1) is 5.61. The van der Waals surface area contributed by atoms with Crippen LogP contribution in [0.25, 0.3) is 0 Å². The molecular formula is C10H16O2. The van der Waals surface area contributed by atoms with Gasteiger partial charge in [-0.1, -0.05) is 0 Å². The molecule has 0 aromatic rings. The predicted molar refractivity (Wildman–Crippen MR) is 46.8 cm³/mol. The number of hydrogen-bond acceptors (Lipinski definition) is 2. The molecule has 1 aliphatic carbocycles. The van der Waals surface area contributed by atoms with Crippen molar-refractivity contribution < 1.29 is 9.59 Å². The van der Waals surface area contributed by atoms with Gasteiger partial charge in [-0.05, 0) is 39.5 Å². The van der Waals surface area contributed by atoms with Gasteiger partial charge in [-0.15, -0.1) is 0 Å². The number of hydrogen-bond donors (Lipinski definition) is 0. The van der Waals surface area contributed by atoms with Gasteiger partial charge < -0.3 is 0 Å². The summed E-state index contributed by atoms with van der Waals surface area (Å²) in [7, 11) is 0. The number of ketones is 2. The first-order valence-corrected chi connectivity index (χ1v) is 4.62. The zero-order valence-electron chi connectivity index (χ0n) is 7.80. The van der Waals surface area contributed by atoms with Gasteiger partial charge in [-0.2, -0.15) is 0 Å². The highest BCUT2D eigenvalue weighted by Gasteiger charge is 2.25. The molecular weight excluding hydrogens is 152 g/mol. The van der Waals surface area contributed by atoms with Gasteiger partial charge in [0.15, 0.2) is 0 Å². The lowest BCUT2D eigenvalue weighted by Gasteiger charge is -2.24. The van der Waals surface area contributed by atoms with Gasteiger partial charge in [0.25, 0.3) is 0 Å². The summed E-state index contributed by atoms with van der Waals surface area (Å²) in [6.45, 7) is 3.30. The highest BCUT2D eigenvalue weighted by molar-refractivity contribution is 5.80. The average Bonchev–Trinajstić information content (AvgIpc) is 2.04. The van der Waals surface area contributed by atoms with E-state index < -0.39 is 0 Å². The summed E-state index contributed by atoms with van der Waals surface area (Å²) in [5.41, 5.74) is 0. The van der Waals surface area contributed by atoms with E-state index in [4.69, 9.17) is 0 Å². The average molecular weight is 168 g/mol. The lowest BCUT2D eigenvalue weighted by atomic mass is 9.79. The van der Waals surface area contributed by atoms with Crippen molar-refractivity contribution in [3.8, 4) is 0 Å². The monoisotopic (exact) mass is 168 g/mol. The molecule has 1 aliphatic rings. The van der Waals surface area contributed by atoms with Crippen LogP contribution in [0.1, 0.15) is 39.5 Å². The molecule has 0 amide bonds. The number of carbonyl (C=O) groups is 2. The SMILES string of the molecule is CC(=O)[C@H]1CC[C@H](C(C)=O)CC1. The highest BCUT2D eigenvalue weighted by Crippen LogP contribution is 2.29. The first-order valence-electron chi connectivity index (χ1n) is 4.62. The molecule has 0 unspecified atom stereocenters. The van der Waals surface area contributed by atoms with Crippen LogP contribution in [-0.4, -0.2) is 11.6 Å². The molecule has 0 aliphatic heterocycles. The van der Waals surface area contributed by atoms with Crippen molar-refractivity contribution in [2.75, 3.05) is 0 Å². The fourth-order valence-electron chi connectivity index (χ4n) is 1.91. The Balaban J connectivity index is 2.39. The number of Topliss-reactive ketones (excluding diaryl/α,β-unsaturated/α-hetero) is 2. The Kier molecular flexibility index (Phi) is 3.01. The summed E-state index contributed by atoms with van der Waals surface area (Å²) < 4.78 is 0. The van der Waals surface area contributed by atoms with Crippen molar-refractivity contribution in [1.82, 2.24) is 0 Å². The molecule has 0 saturated heterocycles. The zero-order chi connectivity index (χ0) is 9.14. The maximum atomic E-state index is 11.0. The maximum Gasteiger partial charge on any atom is 0.132 e. The molecule has 0 spiro atoms. The molecule has 0 aromatic heterocycles. The minimum Gasteiger partial charge on any atom is -0.300 e. The van der Waals surface area contributed by atoms with Gasteiger partial charge in [0, 0.05) is 11.8 Å². The summed E-state index contributed by atoms with van der Waals surface area (Å²) in [6, 6.07) is 0. The van der Waals surface area contributed by atoms with Crippen molar-refractivity contribution in [2.24, 2.45) is 11.8 Å². The Hall–Kier alpha value is -0.660. The molecule has 0 N–H and O–H groups in total. The Bertz CT molecular complexity index is 166. The van der Waals surface area contributed by atoms with E-state index in [0.29, 0.717) is 0 Å². The van der Waals surface area contributed by atoms with E-state index in [0.717, 1.165) is 25.7 Å². The van der Waals surface area contributed by atoms with E-state index in [1.54, 1.807) is 13.8 Å². The summed E-state index contributed by atoms with van der Waals surface area (Å²) in [5.74, 6) is 1.05. The molecule has 1 saturated carbocycles. The van der Waals surface area contributed by atoms with E-state index in [9.17, 15) is 9.59 Å². The number of rotatable bonds is 2. The fourth-order valence-corrected chi connectivity index (χ4v) is 1.91. The summed E-state index contributed by atoms with van der Waals surface area (Å²) >= 11 is 0. The van der Waals surface area contributed by atoms with Crippen molar-refractivity contribution in [1.29, 1.82) is 0 Å². The standard InChI is InChI=1S/C10H16O2/c1-7(11)9-3-5-10(6-4-9)8(2)12/h9-10H,3-6H2,1-2H3/t9-,10-. The lowest BCUT2D eigenvalue weighted by molar-refractivity contribution is -0.126. The third kappa shape index (κ3) is 2.16. The van der Waals surface area contributed by atoms with Crippen molar-refractivity contribution in [3.63, 3.8) is 0 Å². The van der Waals surface area contributed by atoms with E-state index in [1.165, 1.54) is 0 Å². The Morgan fingerprint density at radius 2 is 1.08 bits per heavy atom. The van der Waals surface area contributed by atoms with Gasteiger partial charge in [0.05, 0.1) is 0 Å². The second kappa shape index (κ2) is 3.83. The van der Waals surface area contributed by atoms with Gasteiger partial charge >= 0.3 is 0 Å². The molecule has 1 rings (SSSR count). The molecule has 1 fully saturated rings. The minimum absolute atomic E-state index is 0.237. The zero-order valence-corrected chi connectivity index (χ0v) is 7.80. The van der Waals surface area contributed by atoms with E-state index >= 15 is 0 Å². The van der Waals surface area contributed by atoms with Gasteiger partial charge in [0.2, 0.25) is 0 Å². The topological polar surface area (TPSA) is 34.1 Å². The van der Waals surface area contributed by atoms with Crippen LogP contribution in [0, 0.1) is 11.8 Å².